The van der Waals surface area contributed by atoms with E-state index >= 15 is 0 Å². The average molecular weight is 394 g/mol. The van der Waals surface area contributed by atoms with Gasteiger partial charge in [0, 0.05) is 24.6 Å². The van der Waals surface area contributed by atoms with Gasteiger partial charge in [0.05, 0.1) is 31.1 Å². The van der Waals surface area contributed by atoms with E-state index in [1.165, 1.54) is 23.8 Å². The van der Waals surface area contributed by atoms with E-state index in [1.54, 1.807) is 11.8 Å². The van der Waals surface area contributed by atoms with Gasteiger partial charge < -0.3 is 19.3 Å². The molecule has 0 N–H and O–H groups in total. The maximum absolute atomic E-state index is 12.9. The van der Waals surface area contributed by atoms with Crippen LogP contribution in [-0.4, -0.2) is 68.4 Å². The molecule has 0 aromatic heterocycles. The van der Waals surface area contributed by atoms with Crippen molar-refractivity contribution in [3.8, 4) is 0 Å². The summed E-state index contributed by atoms with van der Waals surface area (Å²) in [5.41, 5.74) is 0.748. The fourth-order valence-corrected chi connectivity index (χ4v) is 3.74. The molecule has 0 fully saturated rings. The number of anilines is 1. The van der Waals surface area contributed by atoms with Crippen molar-refractivity contribution in [3.63, 3.8) is 0 Å². The van der Waals surface area contributed by atoms with Crippen molar-refractivity contribution in [3.05, 3.63) is 24.3 Å². The van der Waals surface area contributed by atoms with Gasteiger partial charge in [-0.2, -0.15) is 0 Å². The van der Waals surface area contributed by atoms with E-state index in [-0.39, 0.29) is 30.9 Å². The molecule has 1 aliphatic rings. The van der Waals surface area contributed by atoms with Crippen LogP contribution in [0.25, 0.3) is 0 Å². The first-order chi connectivity index (χ1) is 13.0. The number of carbonyl (C=O) groups excluding carboxylic acids is 3. The van der Waals surface area contributed by atoms with Crippen LogP contribution >= 0.6 is 11.8 Å². The summed E-state index contributed by atoms with van der Waals surface area (Å²) in [6.07, 6.45) is 0. The van der Waals surface area contributed by atoms with Gasteiger partial charge in [0.2, 0.25) is 11.8 Å². The lowest BCUT2D eigenvalue weighted by Gasteiger charge is -2.31. The summed E-state index contributed by atoms with van der Waals surface area (Å²) in [5, 5.41) is 0. The Morgan fingerprint density at radius 2 is 2.07 bits per heavy atom. The van der Waals surface area contributed by atoms with Crippen LogP contribution in [0, 0.1) is 5.92 Å². The lowest BCUT2D eigenvalue weighted by atomic mass is 10.1. The number of ether oxygens (including phenoxy) is 2. The van der Waals surface area contributed by atoms with Crippen LogP contribution in [0.3, 0.4) is 0 Å². The third-order valence-corrected chi connectivity index (χ3v) is 5.31. The number of benzene rings is 1. The van der Waals surface area contributed by atoms with Gasteiger partial charge in [-0.1, -0.05) is 19.1 Å². The Labute approximate surface area is 164 Å². The molecule has 1 aromatic carbocycles. The molecule has 2 amide bonds. The van der Waals surface area contributed by atoms with Crippen LogP contribution in [0.2, 0.25) is 0 Å². The van der Waals surface area contributed by atoms with Gasteiger partial charge in [0.25, 0.3) is 0 Å². The van der Waals surface area contributed by atoms with Crippen LogP contribution in [0.5, 0.6) is 0 Å². The summed E-state index contributed by atoms with van der Waals surface area (Å²) in [6.45, 7) is 5.02. The second-order valence-electron chi connectivity index (χ2n) is 6.20. The third-order valence-electron chi connectivity index (χ3n) is 4.26. The van der Waals surface area contributed by atoms with Crippen LogP contribution in [0.4, 0.5) is 5.69 Å². The topological polar surface area (TPSA) is 76.2 Å². The molecule has 0 saturated carbocycles. The maximum atomic E-state index is 12.9. The number of carbonyl (C=O) groups is 3. The summed E-state index contributed by atoms with van der Waals surface area (Å²) in [5.74, 6) is -0.847. The normalized spacial score (nSPS) is 14.5. The number of esters is 1. The summed E-state index contributed by atoms with van der Waals surface area (Å²) in [7, 11) is 1.33. The van der Waals surface area contributed by atoms with Gasteiger partial charge in [-0.3, -0.25) is 14.4 Å². The molecule has 0 saturated heterocycles. The molecule has 1 aliphatic heterocycles. The molecule has 1 aromatic rings. The molecule has 1 unspecified atom stereocenters. The number of nitrogens with zero attached hydrogens (tertiary/aromatic N) is 2. The maximum Gasteiger partial charge on any atom is 0.310 e. The highest BCUT2D eigenvalue weighted by molar-refractivity contribution is 8.00. The molecule has 1 atom stereocenters. The fraction of sp³-hybridized carbons (Fsp3) is 0.526. The molecule has 0 radical (unpaired) electrons. The van der Waals surface area contributed by atoms with Crippen molar-refractivity contribution in [1.29, 1.82) is 0 Å². The highest BCUT2D eigenvalue weighted by atomic mass is 32.2. The fourth-order valence-electron chi connectivity index (χ4n) is 2.81. The zero-order valence-electron chi connectivity index (χ0n) is 16.0. The van der Waals surface area contributed by atoms with E-state index < -0.39 is 5.92 Å². The Morgan fingerprint density at radius 3 is 2.78 bits per heavy atom. The highest BCUT2D eigenvalue weighted by Crippen LogP contribution is 2.34. The van der Waals surface area contributed by atoms with E-state index in [2.05, 4.69) is 0 Å². The predicted molar refractivity (Wildman–Crippen MR) is 104 cm³/mol. The quantitative estimate of drug-likeness (QED) is 0.470. The van der Waals surface area contributed by atoms with E-state index in [0.29, 0.717) is 25.5 Å². The first kappa shape index (κ1) is 21.2. The van der Waals surface area contributed by atoms with Crippen molar-refractivity contribution in [2.24, 2.45) is 5.92 Å². The van der Waals surface area contributed by atoms with Crippen molar-refractivity contribution in [1.82, 2.24) is 4.90 Å². The zero-order valence-corrected chi connectivity index (χ0v) is 16.8. The minimum Gasteiger partial charge on any atom is -0.469 e. The molecule has 148 valence electrons. The lowest BCUT2D eigenvalue weighted by Crippen LogP contribution is -2.47. The summed E-state index contributed by atoms with van der Waals surface area (Å²) in [6, 6.07) is 7.54. The highest BCUT2D eigenvalue weighted by Gasteiger charge is 2.29. The standard InChI is InChI=1S/C19H26N2O5S/c1-4-26-10-9-20(11-14(2)19(24)25-3)17(22)12-21-15-7-5-6-8-16(15)27-13-18(21)23/h5-8,14H,4,9-13H2,1-3H3. The largest absolute Gasteiger partial charge is 0.469 e. The third kappa shape index (κ3) is 5.71. The van der Waals surface area contributed by atoms with Crippen LogP contribution in [-0.2, 0) is 23.9 Å². The zero-order chi connectivity index (χ0) is 19.8. The van der Waals surface area contributed by atoms with E-state index in [1.807, 2.05) is 31.2 Å². The van der Waals surface area contributed by atoms with Gasteiger partial charge in [0.1, 0.15) is 6.54 Å². The predicted octanol–water partition coefficient (Wildman–Crippen LogP) is 1.80. The molecule has 1 heterocycles. The molecule has 7 nitrogen and oxygen atoms in total. The molecule has 0 spiro atoms. The average Bonchev–Trinajstić information content (AvgIpc) is 2.68. The summed E-state index contributed by atoms with van der Waals surface area (Å²) in [4.78, 5) is 41.1. The lowest BCUT2D eigenvalue weighted by molar-refractivity contribution is -0.146. The second-order valence-corrected chi connectivity index (χ2v) is 7.21. The van der Waals surface area contributed by atoms with Crippen LogP contribution in [0.15, 0.2) is 29.2 Å². The Bertz CT molecular complexity index is 682. The Morgan fingerprint density at radius 1 is 1.33 bits per heavy atom. The molecule has 2 rings (SSSR count). The minimum atomic E-state index is -0.458. The number of para-hydroxylation sites is 1. The van der Waals surface area contributed by atoms with Crippen molar-refractivity contribution < 1.29 is 23.9 Å². The van der Waals surface area contributed by atoms with Gasteiger partial charge in [-0.05, 0) is 19.1 Å². The minimum absolute atomic E-state index is 0.0591. The van der Waals surface area contributed by atoms with Crippen molar-refractivity contribution in [2.75, 3.05) is 50.6 Å². The summed E-state index contributed by atoms with van der Waals surface area (Å²) >= 11 is 1.47. The number of methoxy groups -OCH3 is 1. The van der Waals surface area contributed by atoms with Crippen LogP contribution < -0.4 is 4.90 Å². The van der Waals surface area contributed by atoms with Gasteiger partial charge in [0.15, 0.2) is 0 Å². The van der Waals surface area contributed by atoms with Gasteiger partial charge in [-0.25, -0.2) is 0 Å². The number of fused-ring (bicyclic) bond motifs is 1. The number of rotatable bonds is 9. The Balaban J connectivity index is 2.12. The van der Waals surface area contributed by atoms with Gasteiger partial charge >= 0.3 is 5.97 Å². The SMILES string of the molecule is CCOCCN(CC(C)C(=O)OC)C(=O)CN1C(=O)CSc2ccccc21. The smallest absolute Gasteiger partial charge is 0.310 e. The number of amides is 2. The molecule has 0 aliphatic carbocycles. The molecular weight excluding hydrogens is 368 g/mol. The van der Waals surface area contributed by atoms with Crippen LogP contribution in [0.1, 0.15) is 13.8 Å². The second kappa shape index (κ2) is 10.3. The van der Waals surface area contributed by atoms with Gasteiger partial charge in [-0.15, -0.1) is 11.8 Å². The molecule has 8 heteroatoms. The van der Waals surface area contributed by atoms with Crippen molar-refractivity contribution >= 4 is 35.2 Å². The number of hydrogen-bond donors (Lipinski definition) is 0. The molecular formula is C19H26N2O5S. The molecule has 0 bridgehead atoms. The Hall–Kier alpha value is -2.06. The van der Waals surface area contributed by atoms with E-state index in [9.17, 15) is 14.4 Å². The van der Waals surface area contributed by atoms with E-state index in [0.717, 1.165) is 10.6 Å². The first-order valence-corrected chi connectivity index (χ1v) is 9.92. The first-order valence-electron chi connectivity index (χ1n) is 8.93. The summed E-state index contributed by atoms with van der Waals surface area (Å²) < 4.78 is 10.1. The number of thioether (sulfide) groups is 1. The van der Waals surface area contributed by atoms with Crippen molar-refractivity contribution in [2.45, 2.75) is 18.7 Å². The molecule has 27 heavy (non-hydrogen) atoms. The number of hydrogen-bond acceptors (Lipinski definition) is 6. The Kier molecular flexibility index (Phi) is 8.12. The monoisotopic (exact) mass is 394 g/mol. The van der Waals surface area contributed by atoms with E-state index in [4.69, 9.17) is 9.47 Å².